The molecule has 2 aromatic carbocycles. The van der Waals surface area contributed by atoms with E-state index in [0.29, 0.717) is 38.3 Å². The Kier molecular flexibility index (Phi) is 5.99. The zero-order valence-electron chi connectivity index (χ0n) is 18.3. The third kappa shape index (κ3) is 4.36. The van der Waals surface area contributed by atoms with E-state index in [1.807, 2.05) is 19.9 Å². The molecule has 0 aliphatic carbocycles. The van der Waals surface area contributed by atoms with Crippen LogP contribution in [-0.2, 0) is 22.4 Å². The van der Waals surface area contributed by atoms with Gasteiger partial charge in [-0.15, -0.1) is 0 Å². The summed E-state index contributed by atoms with van der Waals surface area (Å²) in [5.41, 5.74) is 3.48. The van der Waals surface area contributed by atoms with E-state index < -0.39 is 23.5 Å². The number of hydrogen-bond donors (Lipinski definition) is 1. The third-order valence-electron chi connectivity index (χ3n) is 5.85. The fourth-order valence-corrected chi connectivity index (χ4v) is 4.10. The van der Waals surface area contributed by atoms with Gasteiger partial charge in [-0.25, -0.2) is 4.79 Å². The van der Waals surface area contributed by atoms with E-state index in [1.165, 1.54) is 0 Å². The Morgan fingerprint density at radius 2 is 1.76 bits per heavy atom. The molecule has 2 aromatic heterocycles. The SMILES string of the molecule is Cc1coc2c(C)c3oc(=O)c(CC(=O)N[C@@H](Cc4ccc(Cl)cc4)C(=O)[O-])c(C)c3cc12. The van der Waals surface area contributed by atoms with Crippen LogP contribution in [0.5, 0.6) is 0 Å². The monoisotopic (exact) mass is 466 g/mol. The van der Waals surface area contributed by atoms with Crippen LogP contribution < -0.4 is 16.0 Å². The van der Waals surface area contributed by atoms with Crippen molar-refractivity contribution >= 4 is 45.4 Å². The minimum absolute atomic E-state index is 0.0213. The molecule has 0 aliphatic heterocycles. The first-order valence-electron chi connectivity index (χ1n) is 10.3. The van der Waals surface area contributed by atoms with Crippen molar-refractivity contribution in [2.45, 2.75) is 39.7 Å². The summed E-state index contributed by atoms with van der Waals surface area (Å²) in [5.74, 6) is -2.04. The van der Waals surface area contributed by atoms with E-state index in [4.69, 9.17) is 20.4 Å². The van der Waals surface area contributed by atoms with Gasteiger partial charge in [-0.3, -0.25) is 4.79 Å². The lowest BCUT2D eigenvalue weighted by Gasteiger charge is -2.20. The van der Waals surface area contributed by atoms with Crippen LogP contribution in [0.3, 0.4) is 0 Å². The van der Waals surface area contributed by atoms with Gasteiger partial charge in [0.1, 0.15) is 11.2 Å². The predicted octanol–water partition coefficient (Wildman–Crippen LogP) is 3.14. The van der Waals surface area contributed by atoms with Crippen molar-refractivity contribution in [3.05, 3.63) is 79.9 Å². The topological polar surface area (TPSA) is 113 Å². The number of fused-ring (bicyclic) bond motifs is 2. The molecule has 33 heavy (non-hydrogen) atoms. The van der Waals surface area contributed by atoms with E-state index in [0.717, 1.165) is 10.9 Å². The van der Waals surface area contributed by atoms with Gasteiger partial charge in [0.05, 0.1) is 30.3 Å². The number of benzene rings is 2. The maximum atomic E-state index is 12.7. The van der Waals surface area contributed by atoms with Crippen molar-refractivity contribution in [3.63, 3.8) is 0 Å². The van der Waals surface area contributed by atoms with Gasteiger partial charge in [0.25, 0.3) is 0 Å². The fraction of sp³-hybridized carbons (Fsp3) is 0.240. The average molecular weight is 467 g/mol. The quantitative estimate of drug-likeness (QED) is 0.437. The Hall–Kier alpha value is -3.58. The number of furan rings is 1. The summed E-state index contributed by atoms with van der Waals surface area (Å²) in [5, 5.41) is 16.2. The summed E-state index contributed by atoms with van der Waals surface area (Å²) in [4.78, 5) is 37.0. The number of aryl methyl sites for hydroxylation is 3. The molecule has 7 nitrogen and oxygen atoms in total. The van der Waals surface area contributed by atoms with Crippen LogP contribution >= 0.6 is 11.6 Å². The number of rotatable bonds is 6. The van der Waals surface area contributed by atoms with Gasteiger partial charge in [0, 0.05) is 21.4 Å². The van der Waals surface area contributed by atoms with E-state index in [9.17, 15) is 19.5 Å². The molecule has 2 heterocycles. The first-order valence-corrected chi connectivity index (χ1v) is 10.7. The first-order chi connectivity index (χ1) is 15.7. The maximum Gasteiger partial charge on any atom is 0.340 e. The molecule has 0 spiro atoms. The third-order valence-corrected chi connectivity index (χ3v) is 6.10. The summed E-state index contributed by atoms with van der Waals surface area (Å²) in [6, 6.07) is 7.23. The largest absolute Gasteiger partial charge is 0.548 e. The molecule has 8 heteroatoms. The average Bonchev–Trinajstić information content (AvgIpc) is 3.14. The molecule has 4 aromatic rings. The predicted molar refractivity (Wildman–Crippen MR) is 122 cm³/mol. The van der Waals surface area contributed by atoms with E-state index in [2.05, 4.69) is 5.32 Å². The number of carboxylic acid groups (broad SMARTS) is 1. The normalized spacial score (nSPS) is 12.2. The lowest BCUT2D eigenvalue weighted by Crippen LogP contribution is -2.49. The number of carbonyl (C=O) groups is 2. The van der Waals surface area contributed by atoms with Crippen molar-refractivity contribution < 1.29 is 23.5 Å². The van der Waals surface area contributed by atoms with E-state index in [1.54, 1.807) is 37.5 Å². The molecule has 0 radical (unpaired) electrons. The van der Waals surface area contributed by atoms with Crippen molar-refractivity contribution in [3.8, 4) is 0 Å². The second-order valence-electron chi connectivity index (χ2n) is 8.11. The number of aliphatic carboxylic acids is 1. The number of carbonyl (C=O) groups excluding carboxylic acids is 2. The van der Waals surface area contributed by atoms with Crippen LogP contribution in [0, 0.1) is 20.8 Å². The molecule has 1 N–H and O–H groups in total. The van der Waals surface area contributed by atoms with Gasteiger partial charge >= 0.3 is 5.63 Å². The number of nitrogens with one attached hydrogen (secondary N) is 1. The minimum atomic E-state index is -1.42. The molecule has 170 valence electrons. The zero-order chi connectivity index (χ0) is 23.9. The fourth-order valence-electron chi connectivity index (χ4n) is 3.98. The number of amides is 1. The van der Waals surface area contributed by atoms with Gasteiger partial charge in [0.15, 0.2) is 0 Å². The molecule has 1 amide bonds. The summed E-state index contributed by atoms with van der Waals surface area (Å²) in [6.45, 7) is 5.47. The first kappa shape index (κ1) is 22.6. The van der Waals surface area contributed by atoms with E-state index >= 15 is 0 Å². The lowest BCUT2D eigenvalue weighted by atomic mass is 9.99. The molecule has 0 aliphatic rings. The second kappa shape index (κ2) is 8.75. The Labute approximate surface area is 194 Å². The summed E-state index contributed by atoms with van der Waals surface area (Å²) < 4.78 is 11.1. The summed E-state index contributed by atoms with van der Waals surface area (Å²) in [7, 11) is 0. The number of halogens is 1. The van der Waals surface area contributed by atoms with E-state index in [-0.39, 0.29) is 18.4 Å². The molecule has 0 saturated heterocycles. The van der Waals surface area contributed by atoms with Crippen molar-refractivity contribution in [2.75, 3.05) is 0 Å². The number of carboxylic acids is 1. The van der Waals surface area contributed by atoms with Gasteiger partial charge in [-0.2, -0.15) is 0 Å². The minimum Gasteiger partial charge on any atom is -0.548 e. The Morgan fingerprint density at radius 3 is 2.42 bits per heavy atom. The van der Waals surface area contributed by atoms with Crippen molar-refractivity contribution in [1.29, 1.82) is 0 Å². The number of hydrogen-bond acceptors (Lipinski definition) is 6. The highest BCUT2D eigenvalue weighted by Gasteiger charge is 2.21. The maximum absolute atomic E-state index is 12.7. The molecular formula is C25H21ClNO6-. The van der Waals surface area contributed by atoms with Gasteiger partial charge in [-0.1, -0.05) is 23.7 Å². The molecule has 4 rings (SSSR count). The zero-order valence-corrected chi connectivity index (χ0v) is 19.0. The Morgan fingerprint density at radius 1 is 1.06 bits per heavy atom. The molecule has 0 bridgehead atoms. The molecule has 0 saturated carbocycles. The molecule has 0 fully saturated rings. The summed E-state index contributed by atoms with van der Waals surface area (Å²) in [6.07, 6.45) is 1.34. The van der Waals surface area contributed by atoms with Crippen LogP contribution in [0.1, 0.15) is 27.8 Å². The highest BCUT2D eigenvalue weighted by molar-refractivity contribution is 6.30. The van der Waals surface area contributed by atoms with Gasteiger partial charge in [-0.05, 0) is 62.1 Å². The smallest absolute Gasteiger partial charge is 0.340 e. The van der Waals surface area contributed by atoms with Crippen molar-refractivity contribution in [2.24, 2.45) is 0 Å². The van der Waals surface area contributed by atoms with Crippen molar-refractivity contribution in [1.82, 2.24) is 5.32 Å². The highest BCUT2D eigenvalue weighted by atomic mass is 35.5. The van der Waals surface area contributed by atoms with Gasteiger partial charge in [0.2, 0.25) is 5.91 Å². The van der Waals surface area contributed by atoms with Crippen LogP contribution in [0.25, 0.3) is 21.9 Å². The van der Waals surface area contributed by atoms with Crippen LogP contribution in [-0.4, -0.2) is 17.9 Å². The summed E-state index contributed by atoms with van der Waals surface area (Å²) >= 11 is 5.86. The molecule has 0 unspecified atom stereocenters. The van der Waals surface area contributed by atoms with Crippen LogP contribution in [0.15, 0.2) is 50.2 Å². The standard InChI is InChI=1S/C25H22ClNO6/c1-12-11-32-22-14(3)23-18(9-17(12)22)13(2)19(25(31)33-23)10-21(28)27-20(24(29)30)8-15-4-6-16(26)7-5-15/h4-7,9,11,20H,8,10H2,1-3H3,(H,27,28)(H,29,30)/p-1/t20-/m0/s1. The second-order valence-corrected chi connectivity index (χ2v) is 8.55. The van der Waals surface area contributed by atoms with Crippen LogP contribution in [0.4, 0.5) is 0 Å². The molecular weight excluding hydrogens is 446 g/mol. The lowest BCUT2D eigenvalue weighted by molar-refractivity contribution is -0.308. The van der Waals surface area contributed by atoms with Crippen LogP contribution in [0.2, 0.25) is 5.02 Å². The Bertz CT molecular complexity index is 1450. The molecule has 1 atom stereocenters. The highest BCUT2D eigenvalue weighted by Crippen LogP contribution is 2.32. The Balaban J connectivity index is 1.63. The van der Waals surface area contributed by atoms with Gasteiger partial charge < -0.3 is 24.1 Å².